The molecular weight excluding hydrogens is 243 g/mol. The average Bonchev–Trinajstić information content (AvgIpc) is 2.40. The van der Waals surface area contributed by atoms with E-state index in [9.17, 15) is 9.79 Å². The number of hydrogen-bond donors (Lipinski definition) is 2. The van der Waals surface area contributed by atoms with Crippen LogP contribution in [0.2, 0.25) is 0 Å². The molecule has 0 spiro atoms. The topological polar surface area (TPSA) is 40.5 Å². The van der Waals surface area contributed by atoms with Crippen molar-refractivity contribution in [3.8, 4) is 0 Å². The van der Waals surface area contributed by atoms with E-state index in [1.54, 1.807) is 0 Å². The molecule has 0 aromatic heterocycles. The Bertz CT molecular complexity index is 415. The third-order valence-corrected chi connectivity index (χ3v) is 3.97. The van der Waals surface area contributed by atoms with Crippen LogP contribution in [0, 0.1) is 0 Å². The first-order chi connectivity index (χ1) is 8.75. The molecule has 0 aliphatic rings. The highest BCUT2D eigenvalue weighted by Crippen LogP contribution is 2.35. The summed E-state index contributed by atoms with van der Waals surface area (Å²) in [5.41, 5.74) is 2.19. The van der Waals surface area contributed by atoms with E-state index in [1.165, 1.54) is 0 Å². The van der Waals surface area contributed by atoms with Gasteiger partial charge in [-0.15, -0.1) is 0 Å². The van der Waals surface area contributed by atoms with Crippen molar-refractivity contribution in [2.75, 3.05) is 0 Å². The van der Waals surface area contributed by atoms with Gasteiger partial charge in [-0.3, -0.25) is 0 Å². The quantitative estimate of drug-likeness (QED) is 0.811. The Hall–Kier alpha value is -1.21. The van der Waals surface area contributed by atoms with E-state index in [-0.39, 0.29) is 5.66 Å². The zero-order valence-corrected chi connectivity index (χ0v) is 11.0. The number of benzene rings is 2. The molecule has 0 saturated heterocycles. The van der Waals surface area contributed by atoms with Crippen LogP contribution in [0.15, 0.2) is 60.7 Å². The molecule has 0 atom stereocenters. The van der Waals surface area contributed by atoms with Crippen LogP contribution >= 0.6 is 8.38 Å². The fourth-order valence-corrected chi connectivity index (χ4v) is 2.76. The van der Waals surface area contributed by atoms with E-state index in [2.05, 4.69) is 0 Å². The van der Waals surface area contributed by atoms with Crippen LogP contribution in [-0.2, 0) is 12.8 Å². The first-order valence-electron chi connectivity index (χ1n) is 6.00. The predicted octanol–water partition coefficient (Wildman–Crippen LogP) is 3.14. The summed E-state index contributed by atoms with van der Waals surface area (Å²) in [6.45, 7) is 0. The van der Waals surface area contributed by atoms with Crippen molar-refractivity contribution >= 4 is 8.38 Å². The molecule has 0 aliphatic carbocycles. The summed E-state index contributed by atoms with van der Waals surface area (Å²) in [5.74, 6) is 0. The van der Waals surface area contributed by atoms with Crippen LogP contribution in [0.25, 0.3) is 0 Å². The van der Waals surface area contributed by atoms with Crippen molar-refractivity contribution in [1.82, 2.24) is 0 Å². The maximum Gasteiger partial charge on any atom is 0.168 e. The Kier molecular flexibility index (Phi) is 4.89. The molecule has 18 heavy (non-hydrogen) atoms. The van der Waals surface area contributed by atoms with Gasteiger partial charge in [0.25, 0.3) is 0 Å². The van der Waals surface area contributed by atoms with Gasteiger partial charge in [0, 0.05) is 5.66 Å². The van der Waals surface area contributed by atoms with Crippen molar-refractivity contribution in [2.24, 2.45) is 0 Å². The third-order valence-electron chi connectivity index (χ3n) is 2.95. The van der Waals surface area contributed by atoms with E-state index in [0.717, 1.165) is 11.1 Å². The zero-order chi connectivity index (χ0) is 12.8. The smallest absolute Gasteiger partial charge is 0.168 e. The Morgan fingerprint density at radius 3 is 1.44 bits per heavy atom. The molecule has 2 rings (SSSR count). The van der Waals surface area contributed by atoms with Gasteiger partial charge >= 0.3 is 0 Å². The lowest BCUT2D eigenvalue weighted by Gasteiger charge is -2.18. The highest BCUT2D eigenvalue weighted by molar-refractivity contribution is 7.45. The van der Waals surface area contributed by atoms with Gasteiger partial charge in [-0.25, -0.2) is 0 Å². The van der Waals surface area contributed by atoms with Crippen LogP contribution in [0.1, 0.15) is 11.1 Å². The van der Waals surface area contributed by atoms with Gasteiger partial charge in [0.1, 0.15) is 0 Å². The molecule has 94 valence electrons. The van der Waals surface area contributed by atoms with Gasteiger partial charge < -0.3 is 9.79 Å². The van der Waals surface area contributed by atoms with Crippen LogP contribution in [-0.4, -0.2) is 15.4 Å². The van der Waals surface area contributed by atoms with Gasteiger partial charge in [0.05, 0.1) is 0 Å². The second-order valence-electron chi connectivity index (χ2n) is 4.35. The van der Waals surface area contributed by atoms with E-state index >= 15 is 0 Å². The first kappa shape index (κ1) is 13.2. The summed E-state index contributed by atoms with van der Waals surface area (Å²) >= 11 is 0. The third kappa shape index (κ3) is 3.92. The van der Waals surface area contributed by atoms with E-state index < -0.39 is 8.38 Å². The van der Waals surface area contributed by atoms with Crippen LogP contribution in [0.4, 0.5) is 0 Å². The highest BCUT2D eigenvalue weighted by atomic mass is 31.2. The lowest BCUT2D eigenvalue weighted by Crippen LogP contribution is -2.13. The normalized spacial score (nSPS) is 11.1. The molecular formula is C15H17O2P. The van der Waals surface area contributed by atoms with Gasteiger partial charge in [0.2, 0.25) is 0 Å². The molecule has 2 nitrogen and oxygen atoms in total. The summed E-state index contributed by atoms with van der Waals surface area (Å²) in [7, 11) is -1.91. The van der Waals surface area contributed by atoms with E-state index in [1.807, 2.05) is 60.7 Å². The van der Waals surface area contributed by atoms with Gasteiger partial charge in [-0.1, -0.05) is 60.7 Å². The summed E-state index contributed by atoms with van der Waals surface area (Å²) in [5, 5.41) is 0. The molecule has 0 saturated carbocycles. The number of rotatable bonds is 5. The van der Waals surface area contributed by atoms with Crippen LogP contribution in [0.3, 0.4) is 0 Å². The zero-order valence-electron chi connectivity index (χ0n) is 10.1. The van der Waals surface area contributed by atoms with Gasteiger partial charge in [-0.2, -0.15) is 0 Å². The molecule has 2 N–H and O–H groups in total. The lowest BCUT2D eigenvalue weighted by molar-refractivity contribution is 0.461. The van der Waals surface area contributed by atoms with E-state index in [4.69, 9.17) is 0 Å². The highest BCUT2D eigenvalue weighted by Gasteiger charge is 2.18. The maximum atomic E-state index is 9.56. The van der Waals surface area contributed by atoms with Gasteiger partial charge in [-0.05, 0) is 24.0 Å². The monoisotopic (exact) mass is 260 g/mol. The Labute approximate surface area is 109 Å². The fourth-order valence-electron chi connectivity index (χ4n) is 2.01. The van der Waals surface area contributed by atoms with Gasteiger partial charge in [0.15, 0.2) is 8.38 Å². The molecule has 0 bridgehead atoms. The Balaban J connectivity index is 2.05. The van der Waals surface area contributed by atoms with Crippen molar-refractivity contribution in [3.05, 3.63) is 71.8 Å². The molecule has 0 radical (unpaired) electrons. The average molecular weight is 260 g/mol. The summed E-state index contributed by atoms with van der Waals surface area (Å²) < 4.78 is 0. The maximum absolute atomic E-state index is 9.56. The molecule has 0 heterocycles. The second-order valence-corrected chi connectivity index (χ2v) is 5.72. The standard InChI is InChI=1S/C15H17O2P/c16-18(17)15(11-13-7-3-1-4-8-13)12-14-9-5-2-6-10-14/h1-10,15-17H,11-12H2. The first-order valence-corrected chi connectivity index (χ1v) is 7.32. The molecule has 0 unspecified atom stereocenters. The van der Waals surface area contributed by atoms with Crippen molar-refractivity contribution in [3.63, 3.8) is 0 Å². The largest absolute Gasteiger partial charge is 0.350 e. The fraction of sp³-hybridized carbons (Fsp3) is 0.200. The predicted molar refractivity (Wildman–Crippen MR) is 75.4 cm³/mol. The second kappa shape index (κ2) is 6.65. The molecule has 2 aromatic rings. The Morgan fingerprint density at radius 1 is 0.722 bits per heavy atom. The molecule has 0 fully saturated rings. The summed E-state index contributed by atoms with van der Waals surface area (Å²) in [6.07, 6.45) is 1.41. The molecule has 2 aromatic carbocycles. The number of hydrogen-bond acceptors (Lipinski definition) is 2. The molecule has 0 amide bonds. The van der Waals surface area contributed by atoms with Crippen molar-refractivity contribution < 1.29 is 9.79 Å². The minimum atomic E-state index is -1.91. The van der Waals surface area contributed by atoms with Crippen molar-refractivity contribution in [2.45, 2.75) is 18.5 Å². The Morgan fingerprint density at radius 2 is 1.11 bits per heavy atom. The van der Waals surface area contributed by atoms with E-state index in [0.29, 0.717) is 12.8 Å². The van der Waals surface area contributed by atoms with Crippen LogP contribution in [0.5, 0.6) is 0 Å². The minimum absolute atomic E-state index is 0.107. The van der Waals surface area contributed by atoms with Crippen LogP contribution < -0.4 is 0 Å². The lowest BCUT2D eigenvalue weighted by atomic mass is 10.0. The SMILES string of the molecule is OP(O)C(Cc1ccccc1)Cc1ccccc1. The molecule has 3 heteroatoms. The molecule has 0 aliphatic heterocycles. The summed E-state index contributed by atoms with van der Waals surface area (Å²) in [6, 6.07) is 19.9. The van der Waals surface area contributed by atoms with Crippen molar-refractivity contribution in [1.29, 1.82) is 0 Å². The summed E-state index contributed by atoms with van der Waals surface area (Å²) in [4.78, 5) is 19.1. The minimum Gasteiger partial charge on any atom is -0.350 e.